The summed E-state index contributed by atoms with van der Waals surface area (Å²) < 4.78 is 10.0. The molecule has 1 aromatic carbocycles. The van der Waals surface area contributed by atoms with Gasteiger partial charge >= 0.3 is 17.8 Å². The van der Waals surface area contributed by atoms with Crippen LogP contribution in [0.3, 0.4) is 0 Å². The van der Waals surface area contributed by atoms with Crippen molar-refractivity contribution in [1.29, 1.82) is 0 Å². The van der Waals surface area contributed by atoms with E-state index in [2.05, 4.69) is 20.1 Å². The number of carbonyl (C=O) groups is 2. The number of aromatic nitrogens is 2. The fourth-order valence-corrected chi connectivity index (χ4v) is 2.61. The largest absolute Gasteiger partial charge is 0.463 e. The molecule has 1 heterocycles. The van der Waals surface area contributed by atoms with Gasteiger partial charge in [-0.15, -0.1) is 0 Å². The lowest BCUT2D eigenvalue weighted by atomic mass is 10.1. The summed E-state index contributed by atoms with van der Waals surface area (Å²) in [5.74, 6) is -0.298. The third-order valence-electron chi connectivity index (χ3n) is 3.81. The summed E-state index contributed by atoms with van der Waals surface area (Å²) in [5, 5.41) is 12.2. The lowest BCUT2D eigenvalue weighted by molar-refractivity contribution is -0.384. The summed E-state index contributed by atoms with van der Waals surface area (Å²) in [4.78, 5) is 41.7. The standard InChI is InChI=1S/C18H20ClN5O6/c1-3-4-8-30-17-20-15(19)14(24(27)28)16(21-17)23(22-18(26)29-2)10-12-6-5-7-13(9-12)11-25/h5-7,9,11H,3-4,8,10H2,1-2H3,(H,22,26). The number of aldehydes is 1. The van der Waals surface area contributed by atoms with Gasteiger partial charge in [-0.2, -0.15) is 9.97 Å². The minimum absolute atomic E-state index is 0.0840. The summed E-state index contributed by atoms with van der Waals surface area (Å²) in [7, 11) is 1.14. The van der Waals surface area contributed by atoms with Crippen LogP contribution in [0.5, 0.6) is 6.01 Å². The van der Waals surface area contributed by atoms with Crippen LogP contribution in [0.25, 0.3) is 0 Å². The van der Waals surface area contributed by atoms with Crippen molar-refractivity contribution >= 4 is 35.5 Å². The Labute approximate surface area is 177 Å². The number of nitrogens with one attached hydrogen (secondary N) is 1. The molecule has 0 aliphatic carbocycles. The van der Waals surface area contributed by atoms with E-state index in [0.29, 0.717) is 17.4 Å². The molecule has 0 saturated heterocycles. The highest BCUT2D eigenvalue weighted by Gasteiger charge is 2.30. The van der Waals surface area contributed by atoms with E-state index in [-0.39, 0.29) is 25.0 Å². The Hall–Kier alpha value is -3.47. The van der Waals surface area contributed by atoms with Gasteiger partial charge in [0.25, 0.3) is 0 Å². The first-order valence-electron chi connectivity index (χ1n) is 8.90. The van der Waals surface area contributed by atoms with E-state index in [4.69, 9.17) is 16.3 Å². The van der Waals surface area contributed by atoms with E-state index in [0.717, 1.165) is 25.0 Å². The molecule has 0 radical (unpaired) electrons. The van der Waals surface area contributed by atoms with Gasteiger partial charge in [0.2, 0.25) is 11.0 Å². The number of hydrazine groups is 1. The molecule has 30 heavy (non-hydrogen) atoms. The van der Waals surface area contributed by atoms with E-state index >= 15 is 0 Å². The summed E-state index contributed by atoms with van der Waals surface area (Å²) in [6, 6.07) is 6.29. The average Bonchev–Trinajstić information content (AvgIpc) is 2.72. The molecular formula is C18H20ClN5O6. The number of hydrogen-bond acceptors (Lipinski definition) is 9. The molecule has 0 aliphatic heterocycles. The molecule has 0 saturated carbocycles. The van der Waals surface area contributed by atoms with E-state index in [9.17, 15) is 19.7 Å². The summed E-state index contributed by atoms with van der Waals surface area (Å²) >= 11 is 6.02. The number of halogens is 1. The number of rotatable bonds is 10. The van der Waals surface area contributed by atoms with E-state index in [1.807, 2.05) is 6.92 Å². The second-order valence-corrected chi connectivity index (χ2v) is 6.34. The van der Waals surface area contributed by atoms with Crippen molar-refractivity contribution in [3.63, 3.8) is 0 Å². The Kier molecular flexibility index (Phi) is 8.29. The number of unbranched alkanes of at least 4 members (excludes halogenated alkanes) is 1. The zero-order chi connectivity index (χ0) is 22.1. The number of amides is 1. The Bertz CT molecular complexity index is 926. The number of methoxy groups -OCH3 is 1. The van der Waals surface area contributed by atoms with Gasteiger partial charge < -0.3 is 9.47 Å². The average molecular weight is 438 g/mol. The highest BCUT2D eigenvalue weighted by molar-refractivity contribution is 6.32. The summed E-state index contributed by atoms with van der Waals surface area (Å²) in [6.45, 7) is 2.17. The number of ether oxygens (including phenoxy) is 2. The molecule has 1 amide bonds. The molecule has 0 atom stereocenters. The number of anilines is 1. The second-order valence-electron chi connectivity index (χ2n) is 5.98. The van der Waals surface area contributed by atoms with Crippen LogP contribution in [0.4, 0.5) is 16.3 Å². The maximum absolute atomic E-state index is 11.9. The molecule has 1 N–H and O–H groups in total. The van der Waals surface area contributed by atoms with Crippen LogP contribution in [-0.4, -0.2) is 41.0 Å². The molecule has 2 aromatic rings. The lowest BCUT2D eigenvalue weighted by Crippen LogP contribution is -2.42. The summed E-state index contributed by atoms with van der Waals surface area (Å²) in [5.41, 5.74) is 2.69. The van der Waals surface area contributed by atoms with E-state index < -0.39 is 21.9 Å². The molecule has 12 heteroatoms. The molecule has 0 fully saturated rings. The van der Waals surface area contributed by atoms with Crippen LogP contribution >= 0.6 is 11.6 Å². The first-order valence-corrected chi connectivity index (χ1v) is 9.28. The van der Waals surface area contributed by atoms with Crippen LogP contribution in [0, 0.1) is 10.1 Å². The topological polar surface area (TPSA) is 137 Å². The van der Waals surface area contributed by atoms with Gasteiger partial charge in [0.05, 0.1) is 25.2 Å². The molecule has 160 valence electrons. The third-order valence-corrected chi connectivity index (χ3v) is 4.07. The number of carbonyl (C=O) groups excluding carboxylic acids is 2. The van der Waals surface area contributed by atoms with Crippen LogP contribution in [0.2, 0.25) is 5.15 Å². The highest BCUT2D eigenvalue weighted by Crippen LogP contribution is 2.34. The van der Waals surface area contributed by atoms with Gasteiger partial charge in [0, 0.05) is 5.56 Å². The molecule has 0 unspecified atom stereocenters. The zero-order valence-electron chi connectivity index (χ0n) is 16.3. The van der Waals surface area contributed by atoms with Crippen LogP contribution in [-0.2, 0) is 11.3 Å². The highest BCUT2D eigenvalue weighted by atomic mass is 35.5. The number of hydrogen-bond donors (Lipinski definition) is 1. The normalized spacial score (nSPS) is 10.2. The van der Waals surface area contributed by atoms with Crippen molar-refractivity contribution in [3.05, 3.63) is 50.7 Å². The van der Waals surface area contributed by atoms with E-state index in [1.54, 1.807) is 24.3 Å². The number of nitrogens with zero attached hydrogens (tertiary/aromatic N) is 4. The summed E-state index contributed by atoms with van der Waals surface area (Å²) in [6.07, 6.45) is 1.34. The SMILES string of the molecule is CCCCOc1nc(Cl)c([N+](=O)[O-])c(N(Cc2cccc(C=O)c2)NC(=O)OC)n1. The maximum Gasteiger partial charge on any atom is 0.425 e. The van der Waals surface area contributed by atoms with Crippen molar-refractivity contribution < 1.29 is 24.0 Å². The fourth-order valence-electron chi connectivity index (χ4n) is 2.39. The first kappa shape index (κ1) is 22.8. The van der Waals surface area contributed by atoms with Crippen molar-refractivity contribution in [3.8, 4) is 6.01 Å². The van der Waals surface area contributed by atoms with Crippen molar-refractivity contribution in [2.75, 3.05) is 18.7 Å². The first-order chi connectivity index (χ1) is 14.4. The molecule has 0 spiro atoms. The van der Waals surface area contributed by atoms with Crippen molar-refractivity contribution in [2.24, 2.45) is 0 Å². The van der Waals surface area contributed by atoms with Gasteiger partial charge in [-0.1, -0.05) is 43.1 Å². The molecule has 0 aliphatic rings. The molecule has 0 bridgehead atoms. The van der Waals surface area contributed by atoms with Gasteiger partial charge in [-0.25, -0.2) is 10.2 Å². The molecular weight excluding hydrogens is 418 g/mol. The lowest BCUT2D eigenvalue weighted by Gasteiger charge is -2.23. The number of nitro groups is 1. The van der Waals surface area contributed by atoms with Crippen LogP contribution in [0.1, 0.15) is 35.7 Å². The molecule has 11 nitrogen and oxygen atoms in total. The zero-order valence-corrected chi connectivity index (χ0v) is 17.1. The predicted molar refractivity (Wildman–Crippen MR) is 108 cm³/mol. The number of benzene rings is 1. The quantitative estimate of drug-likeness (QED) is 0.195. The van der Waals surface area contributed by atoms with Gasteiger partial charge in [0.1, 0.15) is 6.29 Å². The Morgan fingerprint density at radius 3 is 2.80 bits per heavy atom. The fraction of sp³-hybridized carbons (Fsp3) is 0.333. The molecule has 2 rings (SSSR count). The smallest absolute Gasteiger partial charge is 0.425 e. The Morgan fingerprint density at radius 2 is 2.17 bits per heavy atom. The van der Waals surface area contributed by atoms with Crippen molar-refractivity contribution in [2.45, 2.75) is 26.3 Å². The van der Waals surface area contributed by atoms with Crippen LogP contribution < -0.4 is 15.2 Å². The third kappa shape index (κ3) is 6.01. The monoisotopic (exact) mass is 437 g/mol. The van der Waals surface area contributed by atoms with Crippen molar-refractivity contribution in [1.82, 2.24) is 15.4 Å². The minimum Gasteiger partial charge on any atom is -0.463 e. The van der Waals surface area contributed by atoms with Crippen LogP contribution in [0.15, 0.2) is 24.3 Å². The van der Waals surface area contributed by atoms with Gasteiger partial charge in [-0.3, -0.25) is 19.9 Å². The van der Waals surface area contributed by atoms with E-state index in [1.165, 1.54) is 0 Å². The molecule has 1 aromatic heterocycles. The second kappa shape index (κ2) is 10.9. The van der Waals surface area contributed by atoms with Gasteiger partial charge in [0.15, 0.2) is 0 Å². The maximum atomic E-state index is 11.9. The predicted octanol–water partition coefficient (Wildman–Crippen LogP) is 3.31. The Morgan fingerprint density at radius 1 is 1.40 bits per heavy atom. The van der Waals surface area contributed by atoms with Gasteiger partial charge in [-0.05, 0) is 18.1 Å². The Balaban J connectivity index is 2.51. The minimum atomic E-state index is -0.890.